The minimum atomic E-state index is -0.685. The molecular formula is C19H25N3O3. The van der Waals surface area contributed by atoms with Crippen molar-refractivity contribution in [2.24, 2.45) is 0 Å². The predicted octanol–water partition coefficient (Wildman–Crippen LogP) is 1.19. The highest BCUT2D eigenvalue weighted by atomic mass is 16.5. The quantitative estimate of drug-likeness (QED) is 0.834. The highest BCUT2D eigenvalue weighted by molar-refractivity contribution is 6.07. The number of nitrogens with one attached hydrogen (secondary N) is 1. The molecule has 4 rings (SSSR count). The van der Waals surface area contributed by atoms with Gasteiger partial charge in [0.2, 0.25) is 0 Å². The normalized spacial score (nSPS) is 22.9. The molecule has 3 aliphatic rings. The average molecular weight is 343 g/mol. The molecule has 6 heteroatoms. The second kappa shape index (κ2) is 6.42. The Morgan fingerprint density at radius 2 is 1.80 bits per heavy atom. The summed E-state index contributed by atoms with van der Waals surface area (Å²) >= 11 is 0. The van der Waals surface area contributed by atoms with Gasteiger partial charge in [-0.1, -0.05) is 24.3 Å². The number of hydrogen-bond acceptors (Lipinski definition) is 4. The van der Waals surface area contributed by atoms with Gasteiger partial charge in [-0.3, -0.25) is 9.69 Å². The fourth-order valence-corrected chi connectivity index (χ4v) is 4.60. The maximum Gasteiger partial charge on any atom is 0.328 e. The Morgan fingerprint density at radius 3 is 2.40 bits per heavy atom. The van der Waals surface area contributed by atoms with Crippen molar-refractivity contribution in [3.8, 4) is 0 Å². The first-order valence-electron chi connectivity index (χ1n) is 9.09. The molecule has 2 aliphatic heterocycles. The minimum absolute atomic E-state index is 0.00657. The zero-order valence-electron chi connectivity index (χ0n) is 14.7. The smallest absolute Gasteiger partial charge is 0.328 e. The molecule has 0 saturated carbocycles. The predicted molar refractivity (Wildman–Crippen MR) is 93.3 cm³/mol. The summed E-state index contributed by atoms with van der Waals surface area (Å²) in [6, 6.07) is 8.05. The van der Waals surface area contributed by atoms with Gasteiger partial charge in [-0.15, -0.1) is 0 Å². The van der Waals surface area contributed by atoms with E-state index >= 15 is 0 Å². The third-order valence-corrected chi connectivity index (χ3v) is 5.91. The lowest BCUT2D eigenvalue weighted by Gasteiger charge is -2.38. The van der Waals surface area contributed by atoms with E-state index in [-0.39, 0.29) is 18.0 Å². The standard InChI is InChI=1S/C19H25N3O3/c1-25-11-10-21-18(24)22(17(23)19(21)6-8-20-9-7-19)16-12-14-4-2-3-5-15(14)13-16/h2-5,16,20H,6-13H2,1H3. The van der Waals surface area contributed by atoms with Crippen LogP contribution in [0.2, 0.25) is 0 Å². The highest BCUT2D eigenvalue weighted by Gasteiger charge is 2.58. The Balaban J connectivity index is 1.63. The van der Waals surface area contributed by atoms with Crippen LogP contribution >= 0.6 is 0 Å². The second-order valence-electron chi connectivity index (χ2n) is 7.21. The largest absolute Gasteiger partial charge is 0.383 e. The summed E-state index contributed by atoms with van der Waals surface area (Å²) in [6.45, 7) is 2.45. The van der Waals surface area contributed by atoms with Gasteiger partial charge < -0.3 is 15.0 Å². The monoisotopic (exact) mass is 343 g/mol. The third kappa shape index (κ3) is 2.55. The van der Waals surface area contributed by atoms with E-state index in [2.05, 4.69) is 17.4 Å². The van der Waals surface area contributed by atoms with E-state index in [1.807, 2.05) is 12.1 Å². The number of carbonyl (C=O) groups excluding carboxylic acids is 2. The van der Waals surface area contributed by atoms with E-state index in [9.17, 15) is 9.59 Å². The molecule has 3 amide bonds. The number of hydrogen-bond donors (Lipinski definition) is 1. The molecule has 0 radical (unpaired) electrons. The van der Waals surface area contributed by atoms with Crippen molar-refractivity contribution < 1.29 is 14.3 Å². The second-order valence-corrected chi connectivity index (χ2v) is 7.21. The van der Waals surface area contributed by atoms with Crippen LogP contribution in [0, 0.1) is 0 Å². The van der Waals surface area contributed by atoms with Crippen molar-refractivity contribution in [1.29, 1.82) is 0 Å². The number of urea groups is 1. The number of carbonyl (C=O) groups is 2. The molecule has 1 N–H and O–H groups in total. The summed E-state index contributed by atoms with van der Waals surface area (Å²) < 4.78 is 5.19. The summed E-state index contributed by atoms with van der Waals surface area (Å²) in [5.74, 6) is -0.00657. The van der Waals surface area contributed by atoms with E-state index in [4.69, 9.17) is 4.74 Å². The third-order valence-electron chi connectivity index (χ3n) is 5.91. The number of benzene rings is 1. The van der Waals surface area contributed by atoms with Crippen LogP contribution in [-0.4, -0.2) is 66.7 Å². The molecule has 0 atom stereocenters. The summed E-state index contributed by atoms with van der Waals surface area (Å²) in [5, 5.41) is 3.31. The van der Waals surface area contributed by atoms with E-state index in [1.165, 1.54) is 11.1 Å². The summed E-state index contributed by atoms with van der Waals surface area (Å²) in [6.07, 6.45) is 2.88. The first-order valence-corrected chi connectivity index (χ1v) is 9.09. The van der Waals surface area contributed by atoms with Crippen molar-refractivity contribution in [3.05, 3.63) is 35.4 Å². The van der Waals surface area contributed by atoms with Crippen LogP contribution < -0.4 is 5.32 Å². The Bertz CT molecular complexity index is 659. The Labute approximate surface area is 148 Å². The topological polar surface area (TPSA) is 61.9 Å². The molecule has 1 aromatic carbocycles. The van der Waals surface area contributed by atoms with Gasteiger partial charge in [0.1, 0.15) is 5.54 Å². The van der Waals surface area contributed by atoms with Crippen LogP contribution in [0.3, 0.4) is 0 Å². The fourth-order valence-electron chi connectivity index (χ4n) is 4.60. The molecule has 0 bridgehead atoms. The van der Waals surface area contributed by atoms with E-state index in [0.717, 1.165) is 25.9 Å². The molecule has 0 aromatic heterocycles. The first-order chi connectivity index (χ1) is 12.2. The number of amides is 3. The molecule has 1 aromatic rings. The maximum atomic E-state index is 13.4. The van der Waals surface area contributed by atoms with Crippen molar-refractivity contribution in [2.75, 3.05) is 33.4 Å². The molecule has 2 heterocycles. The van der Waals surface area contributed by atoms with Gasteiger partial charge >= 0.3 is 6.03 Å². The van der Waals surface area contributed by atoms with E-state index in [0.29, 0.717) is 26.0 Å². The lowest BCUT2D eigenvalue weighted by Crippen LogP contribution is -2.56. The molecule has 6 nitrogen and oxygen atoms in total. The van der Waals surface area contributed by atoms with Gasteiger partial charge in [0.05, 0.1) is 6.61 Å². The number of piperidine rings is 1. The maximum absolute atomic E-state index is 13.4. The SMILES string of the molecule is COCCN1C(=O)N(C2Cc3ccccc3C2)C(=O)C12CCNCC2. The number of fused-ring (bicyclic) bond motifs is 1. The molecule has 1 spiro atoms. The summed E-state index contributed by atoms with van der Waals surface area (Å²) in [4.78, 5) is 29.9. The molecule has 2 saturated heterocycles. The number of rotatable bonds is 4. The van der Waals surface area contributed by atoms with Gasteiger partial charge in [-0.05, 0) is 49.9 Å². The number of methoxy groups -OCH3 is 1. The average Bonchev–Trinajstić information content (AvgIpc) is 3.13. The first kappa shape index (κ1) is 16.5. The van der Waals surface area contributed by atoms with Gasteiger partial charge in [-0.25, -0.2) is 4.79 Å². The highest BCUT2D eigenvalue weighted by Crippen LogP contribution is 2.39. The van der Waals surface area contributed by atoms with Gasteiger partial charge in [0.15, 0.2) is 0 Å². The zero-order valence-corrected chi connectivity index (χ0v) is 14.7. The van der Waals surface area contributed by atoms with Gasteiger partial charge in [0, 0.05) is 19.7 Å². The van der Waals surface area contributed by atoms with E-state index < -0.39 is 5.54 Å². The van der Waals surface area contributed by atoms with Gasteiger partial charge in [-0.2, -0.15) is 0 Å². The van der Waals surface area contributed by atoms with Crippen LogP contribution in [0.15, 0.2) is 24.3 Å². The van der Waals surface area contributed by atoms with Gasteiger partial charge in [0.25, 0.3) is 5.91 Å². The van der Waals surface area contributed by atoms with Crippen LogP contribution in [0.25, 0.3) is 0 Å². The number of ether oxygens (including phenoxy) is 1. The van der Waals surface area contributed by atoms with Crippen LogP contribution in [-0.2, 0) is 22.4 Å². The Hall–Kier alpha value is -1.92. The van der Waals surface area contributed by atoms with Crippen LogP contribution in [0.4, 0.5) is 4.79 Å². The van der Waals surface area contributed by atoms with Crippen molar-refractivity contribution in [3.63, 3.8) is 0 Å². The lowest BCUT2D eigenvalue weighted by atomic mass is 9.86. The van der Waals surface area contributed by atoms with Crippen LogP contribution in [0.1, 0.15) is 24.0 Å². The van der Waals surface area contributed by atoms with Crippen molar-refractivity contribution >= 4 is 11.9 Å². The van der Waals surface area contributed by atoms with Crippen LogP contribution in [0.5, 0.6) is 0 Å². The molecule has 25 heavy (non-hydrogen) atoms. The van der Waals surface area contributed by atoms with Crippen molar-refractivity contribution in [2.45, 2.75) is 37.3 Å². The molecule has 134 valence electrons. The summed E-state index contributed by atoms with van der Waals surface area (Å²) in [5.41, 5.74) is 1.82. The zero-order chi connectivity index (χ0) is 17.4. The number of nitrogens with zero attached hydrogens (tertiary/aromatic N) is 2. The van der Waals surface area contributed by atoms with Crippen molar-refractivity contribution in [1.82, 2.24) is 15.1 Å². The molecule has 1 aliphatic carbocycles. The Morgan fingerprint density at radius 1 is 1.16 bits per heavy atom. The number of imide groups is 1. The van der Waals surface area contributed by atoms with E-state index in [1.54, 1.807) is 16.9 Å². The minimum Gasteiger partial charge on any atom is -0.383 e. The fraction of sp³-hybridized carbons (Fsp3) is 0.579. The molecule has 2 fully saturated rings. The molecule has 0 unspecified atom stereocenters. The Kier molecular flexibility index (Phi) is 4.25. The summed E-state index contributed by atoms with van der Waals surface area (Å²) in [7, 11) is 1.63. The molecular weight excluding hydrogens is 318 g/mol. The lowest BCUT2D eigenvalue weighted by molar-refractivity contribution is -0.136.